The van der Waals surface area contributed by atoms with Gasteiger partial charge in [-0.05, 0) is 13.8 Å². The molecule has 0 rings (SSSR count). The molecule has 0 aliphatic carbocycles. The lowest BCUT2D eigenvalue weighted by Gasteiger charge is -2.09. The minimum absolute atomic E-state index is 0.159. The van der Waals surface area contributed by atoms with Crippen LogP contribution in [0.1, 0.15) is 13.8 Å². The second-order valence-electron chi connectivity index (χ2n) is 2.45. The van der Waals surface area contributed by atoms with Crippen LogP contribution in [0.15, 0.2) is 22.9 Å². The van der Waals surface area contributed by atoms with Crippen molar-refractivity contribution in [2.75, 3.05) is 7.11 Å². The Balaban J connectivity index is 4.93. The molecular formula is C8H14N2O3. The normalized spacial score (nSPS) is 14.1. The van der Waals surface area contributed by atoms with Gasteiger partial charge in [0.2, 0.25) is 6.41 Å². The molecule has 4 N–H and O–H groups in total. The molecule has 0 aliphatic heterocycles. The summed E-state index contributed by atoms with van der Waals surface area (Å²) in [6.07, 6.45) is 0.463. The van der Waals surface area contributed by atoms with Crippen molar-refractivity contribution in [3.63, 3.8) is 0 Å². The summed E-state index contributed by atoms with van der Waals surface area (Å²) in [4.78, 5) is 10.1. The van der Waals surface area contributed by atoms with E-state index in [4.69, 9.17) is 10.5 Å². The maximum Gasteiger partial charge on any atom is 0.211 e. The number of nitrogens with one attached hydrogen (secondary N) is 1. The van der Waals surface area contributed by atoms with Gasteiger partial charge in [0.15, 0.2) is 11.5 Å². The number of aliphatic hydroxyl groups excluding tert-OH is 1. The van der Waals surface area contributed by atoms with Gasteiger partial charge in [-0.2, -0.15) is 0 Å². The summed E-state index contributed by atoms with van der Waals surface area (Å²) < 4.78 is 4.83. The van der Waals surface area contributed by atoms with E-state index in [1.165, 1.54) is 14.0 Å². The minimum Gasteiger partial charge on any atom is -0.503 e. The number of aliphatic hydroxyl groups is 1. The maximum absolute atomic E-state index is 10.1. The van der Waals surface area contributed by atoms with Gasteiger partial charge in [-0.15, -0.1) is 0 Å². The predicted molar refractivity (Wildman–Crippen MR) is 48.4 cm³/mol. The molecule has 0 unspecified atom stereocenters. The predicted octanol–water partition coefficient (Wildman–Crippen LogP) is 0.359. The number of methoxy groups -OCH3 is 1. The lowest BCUT2D eigenvalue weighted by atomic mass is 10.3. The van der Waals surface area contributed by atoms with Crippen LogP contribution in [0.2, 0.25) is 0 Å². The van der Waals surface area contributed by atoms with E-state index in [0.717, 1.165) is 0 Å². The topological polar surface area (TPSA) is 84.6 Å². The Morgan fingerprint density at radius 2 is 2.08 bits per heavy atom. The van der Waals surface area contributed by atoms with Gasteiger partial charge in [0, 0.05) is 0 Å². The first-order valence-electron chi connectivity index (χ1n) is 3.65. The number of amides is 1. The molecule has 0 aliphatic rings. The first kappa shape index (κ1) is 11.4. The van der Waals surface area contributed by atoms with E-state index in [1.54, 1.807) is 6.92 Å². The van der Waals surface area contributed by atoms with Crippen molar-refractivity contribution in [2.24, 2.45) is 5.73 Å². The zero-order chi connectivity index (χ0) is 10.4. The van der Waals surface area contributed by atoms with Gasteiger partial charge >= 0.3 is 0 Å². The highest BCUT2D eigenvalue weighted by molar-refractivity contribution is 5.50. The molecule has 5 nitrogen and oxygen atoms in total. The molecule has 0 radical (unpaired) electrons. The third-order valence-electron chi connectivity index (χ3n) is 1.41. The quantitative estimate of drug-likeness (QED) is 0.336. The van der Waals surface area contributed by atoms with E-state index < -0.39 is 0 Å². The fourth-order valence-electron chi connectivity index (χ4n) is 0.771. The number of carbonyl (C=O) groups is 1. The van der Waals surface area contributed by atoms with Crippen LogP contribution in [-0.2, 0) is 9.53 Å². The van der Waals surface area contributed by atoms with Crippen molar-refractivity contribution < 1.29 is 14.6 Å². The summed E-state index contributed by atoms with van der Waals surface area (Å²) in [5.41, 5.74) is 6.05. The molecule has 0 saturated carbocycles. The number of ether oxygens (including phenoxy) is 1. The Kier molecular flexibility index (Phi) is 4.43. The van der Waals surface area contributed by atoms with E-state index in [2.05, 4.69) is 5.32 Å². The number of hydrogen-bond acceptors (Lipinski definition) is 4. The summed E-state index contributed by atoms with van der Waals surface area (Å²) in [7, 11) is 1.39. The molecule has 0 fully saturated rings. The van der Waals surface area contributed by atoms with Gasteiger partial charge in [-0.1, -0.05) is 0 Å². The summed E-state index contributed by atoms with van der Waals surface area (Å²) in [6, 6.07) is 0. The van der Waals surface area contributed by atoms with E-state index >= 15 is 0 Å². The van der Waals surface area contributed by atoms with Crippen molar-refractivity contribution in [3.8, 4) is 0 Å². The largest absolute Gasteiger partial charge is 0.503 e. The maximum atomic E-state index is 10.1. The zero-order valence-electron chi connectivity index (χ0n) is 7.92. The Morgan fingerprint density at radius 3 is 2.38 bits per heavy atom. The van der Waals surface area contributed by atoms with Crippen LogP contribution < -0.4 is 11.1 Å². The number of rotatable bonds is 4. The Hall–Kier alpha value is -1.65. The molecule has 0 bridgehead atoms. The molecule has 0 saturated heterocycles. The molecule has 0 aromatic rings. The van der Waals surface area contributed by atoms with Crippen LogP contribution in [-0.4, -0.2) is 18.6 Å². The first-order valence-corrected chi connectivity index (χ1v) is 3.65. The molecule has 0 spiro atoms. The molecule has 1 amide bonds. The fourth-order valence-corrected chi connectivity index (χ4v) is 0.771. The monoisotopic (exact) mass is 186 g/mol. The van der Waals surface area contributed by atoms with Gasteiger partial charge in [0.05, 0.1) is 18.5 Å². The number of allylic oxidation sites excluding steroid dienone is 2. The Labute approximate surface area is 76.9 Å². The Morgan fingerprint density at radius 1 is 1.54 bits per heavy atom. The minimum atomic E-state index is -0.172. The average molecular weight is 186 g/mol. The van der Waals surface area contributed by atoms with E-state index in [1.807, 2.05) is 0 Å². The molecule has 0 aromatic heterocycles. The molecule has 0 aromatic carbocycles. The van der Waals surface area contributed by atoms with E-state index in [0.29, 0.717) is 12.1 Å². The van der Waals surface area contributed by atoms with Gasteiger partial charge in [-0.25, -0.2) is 0 Å². The highest BCUT2D eigenvalue weighted by Gasteiger charge is 2.09. The van der Waals surface area contributed by atoms with Crippen LogP contribution in [0.4, 0.5) is 0 Å². The van der Waals surface area contributed by atoms with E-state index in [9.17, 15) is 9.90 Å². The molecule has 0 atom stereocenters. The third-order valence-corrected chi connectivity index (χ3v) is 1.41. The highest BCUT2D eigenvalue weighted by atomic mass is 16.5. The summed E-state index contributed by atoms with van der Waals surface area (Å²) in [5.74, 6) is -0.0125. The highest BCUT2D eigenvalue weighted by Crippen LogP contribution is 2.12. The van der Waals surface area contributed by atoms with Crippen LogP contribution in [0.5, 0.6) is 0 Å². The van der Waals surface area contributed by atoms with Gasteiger partial charge in [0.25, 0.3) is 0 Å². The van der Waals surface area contributed by atoms with Crippen LogP contribution >= 0.6 is 0 Å². The van der Waals surface area contributed by atoms with Crippen molar-refractivity contribution in [2.45, 2.75) is 13.8 Å². The lowest BCUT2D eigenvalue weighted by Crippen LogP contribution is -2.13. The number of hydrogen-bond donors (Lipinski definition) is 3. The van der Waals surface area contributed by atoms with Crippen LogP contribution in [0.3, 0.4) is 0 Å². The molecule has 74 valence electrons. The summed E-state index contributed by atoms with van der Waals surface area (Å²) in [6.45, 7) is 3.12. The van der Waals surface area contributed by atoms with Crippen molar-refractivity contribution in [1.29, 1.82) is 0 Å². The average Bonchev–Trinajstić information content (AvgIpc) is 2.05. The van der Waals surface area contributed by atoms with E-state index in [-0.39, 0.29) is 17.2 Å². The molecular weight excluding hydrogens is 172 g/mol. The zero-order valence-corrected chi connectivity index (χ0v) is 7.92. The molecule has 13 heavy (non-hydrogen) atoms. The third kappa shape index (κ3) is 3.06. The van der Waals surface area contributed by atoms with Crippen molar-refractivity contribution in [3.05, 3.63) is 22.9 Å². The fraction of sp³-hybridized carbons (Fsp3) is 0.375. The smallest absolute Gasteiger partial charge is 0.211 e. The SMILES string of the molecule is COC(=C(/C)N)/C(O)=C(\C)NC=O. The number of nitrogens with two attached hydrogens (primary N) is 1. The van der Waals surface area contributed by atoms with Crippen molar-refractivity contribution >= 4 is 6.41 Å². The first-order chi connectivity index (χ1) is 6.04. The second-order valence-corrected chi connectivity index (χ2v) is 2.45. The summed E-state index contributed by atoms with van der Waals surface area (Å²) >= 11 is 0. The standard InChI is InChI=1S/C8H14N2O3/c1-5(9)8(13-3)7(12)6(2)10-4-11/h4,12H,9H2,1-3H3,(H,10,11)/b7-6-,8-5-. The Bertz CT molecular complexity index is 252. The van der Waals surface area contributed by atoms with Crippen LogP contribution in [0, 0.1) is 0 Å². The molecule has 0 heterocycles. The molecule has 5 heteroatoms. The van der Waals surface area contributed by atoms with Gasteiger partial charge in [0.1, 0.15) is 0 Å². The summed E-state index contributed by atoms with van der Waals surface area (Å²) in [5, 5.41) is 11.8. The van der Waals surface area contributed by atoms with Crippen molar-refractivity contribution in [1.82, 2.24) is 5.32 Å². The van der Waals surface area contributed by atoms with Crippen LogP contribution in [0.25, 0.3) is 0 Å². The lowest BCUT2D eigenvalue weighted by molar-refractivity contribution is -0.109. The van der Waals surface area contributed by atoms with Gasteiger partial charge < -0.3 is 20.9 Å². The van der Waals surface area contributed by atoms with Gasteiger partial charge in [-0.3, -0.25) is 4.79 Å². The second kappa shape index (κ2) is 5.08. The number of carbonyl (C=O) groups excluding carboxylic acids is 1.